The maximum atomic E-state index is 4.48. The number of hydrogen-bond acceptors (Lipinski definition) is 3. The van der Waals surface area contributed by atoms with Crippen molar-refractivity contribution in [3.05, 3.63) is 29.0 Å². The average Bonchev–Trinajstić information content (AvgIpc) is 2.25. The number of pyridine rings is 2. The van der Waals surface area contributed by atoms with Crippen molar-refractivity contribution in [1.29, 1.82) is 0 Å². The van der Waals surface area contributed by atoms with Gasteiger partial charge in [0, 0.05) is 30.5 Å². The van der Waals surface area contributed by atoms with Crippen LogP contribution in [0.4, 0.5) is 5.69 Å². The lowest BCUT2D eigenvalue weighted by Crippen LogP contribution is -2.29. The molecular formula is C14H18BrN3. The van der Waals surface area contributed by atoms with Crippen LogP contribution in [0.3, 0.4) is 0 Å². The van der Waals surface area contributed by atoms with Crippen molar-refractivity contribution in [2.24, 2.45) is 5.41 Å². The molecule has 0 unspecified atom stereocenters. The minimum absolute atomic E-state index is 0.250. The smallest absolute Gasteiger partial charge is 0.112 e. The molecule has 18 heavy (non-hydrogen) atoms. The summed E-state index contributed by atoms with van der Waals surface area (Å²) < 4.78 is 0.957. The second-order valence-electron chi connectivity index (χ2n) is 5.77. The van der Waals surface area contributed by atoms with Gasteiger partial charge in [-0.15, -0.1) is 0 Å². The maximum Gasteiger partial charge on any atom is 0.112 e. The molecule has 0 bridgehead atoms. The Morgan fingerprint density at radius 1 is 1.28 bits per heavy atom. The highest BCUT2D eigenvalue weighted by molar-refractivity contribution is 9.10. The van der Waals surface area contributed by atoms with Crippen LogP contribution < -0.4 is 4.90 Å². The molecule has 0 spiro atoms. The second kappa shape index (κ2) is 4.84. The fourth-order valence-corrected chi connectivity index (χ4v) is 2.42. The minimum Gasteiger partial charge on any atom is -0.372 e. The number of fused-ring (bicyclic) bond motifs is 1. The van der Waals surface area contributed by atoms with Gasteiger partial charge in [0.1, 0.15) is 5.52 Å². The van der Waals surface area contributed by atoms with Crippen LogP contribution >= 0.6 is 15.9 Å². The summed E-state index contributed by atoms with van der Waals surface area (Å²) in [5.41, 5.74) is 3.25. The van der Waals surface area contributed by atoms with Crippen LogP contribution in [-0.2, 0) is 0 Å². The molecule has 0 aliphatic heterocycles. The van der Waals surface area contributed by atoms with E-state index in [2.05, 4.69) is 58.6 Å². The Kier molecular flexibility index (Phi) is 3.57. The third kappa shape index (κ3) is 2.99. The predicted molar refractivity (Wildman–Crippen MR) is 80.0 cm³/mol. The Morgan fingerprint density at radius 3 is 2.67 bits per heavy atom. The summed E-state index contributed by atoms with van der Waals surface area (Å²) in [6.45, 7) is 7.68. The van der Waals surface area contributed by atoms with E-state index in [9.17, 15) is 0 Å². The third-order valence-corrected chi connectivity index (χ3v) is 3.08. The van der Waals surface area contributed by atoms with E-state index in [1.807, 2.05) is 24.5 Å². The van der Waals surface area contributed by atoms with E-state index >= 15 is 0 Å². The molecule has 0 saturated carbocycles. The Bertz CT molecular complexity index is 560. The van der Waals surface area contributed by atoms with E-state index in [0.29, 0.717) is 0 Å². The standard InChI is InChI=1S/C14H18BrN3/c1-14(2,3)9-18(4)12-5-6-16-11-7-10(15)8-17-13(11)12/h5-8H,9H2,1-4H3. The number of rotatable bonds is 2. The van der Waals surface area contributed by atoms with Crippen LogP contribution in [0.15, 0.2) is 29.0 Å². The first-order valence-corrected chi connectivity index (χ1v) is 6.77. The van der Waals surface area contributed by atoms with Crippen molar-refractivity contribution >= 4 is 32.7 Å². The maximum absolute atomic E-state index is 4.48. The van der Waals surface area contributed by atoms with Crippen LogP contribution in [0, 0.1) is 5.41 Å². The number of hydrogen-bond donors (Lipinski definition) is 0. The molecule has 0 atom stereocenters. The van der Waals surface area contributed by atoms with Gasteiger partial charge in [0.25, 0.3) is 0 Å². The zero-order valence-electron chi connectivity index (χ0n) is 11.2. The molecule has 4 heteroatoms. The lowest BCUT2D eigenvalue weighted by molar-refractivity contribution is 0.419. The van der Waals surface area contributed by atoms with Crippen molar-refractivity contribution in [2.75, 3.05) is 18.5 Å². The molecule has 0 aliphatic rings. The van der Waals surface area contributed by atoms with E-state index in [1.54, 1.807) is 0 Å². The van der Waals surface area contributed by atoms with Gasteiger partial charge in [0.15, 0.2) is 0 Å². The fraction of sp³-hybridized carbons (Fsp3) is 0.429. The lowest BCUT2D eigenvalue weighted by Gasteiger charge is -2.28. The summed E-state index contributed by atoms with van der Waals surface area (Å²) in [6, 6.07) is 4.02. The van der Waals surface area contributed by atoms with Crippen LogP contribution in [0.5, 0.6) is 0 Å². The van der Waals surface area contributed by atoms with E-state index in [4.69, 9.17) is 0 Å². The first kappa shape index (κ1) is 13.3. The van der Waals surface area contributed by atoms with Gasteiger partial charge in [-0.3, -0.25) is 9.97 Å². The second-order valence-corrected chi connectivity index (χ2v) is 6.68. The molecular weight excluding hydrogens is 290 g/mol. The molecule has 96 valence electrons. The normalized spacial score (nSPS) is 11.8. The molecule has 0 aromatic carbocycles. The number of anilines is 1. The van der Waals surface area contributed by atoms with Crippen molar-refractivity contribution in [3.63, 3.8) is 0 Å². The van der Waals surface area contributed by atoms with E-state index in [1.165, 1.54) is 0 Å². The van der Waals surface area contributed by atoms with Crippen molar-refractivity contribution in [1.82, 2.24) is 9.97 Å². The molecule has 2 aromatic heterocycles. The highest BCUT2D eigenvalue weighted by atomic mass is 79.9. The van der Waals surface area contributed by atoms with Gasteiger partial charge in [0.05, 0.1) is 11.2 Å². The summed E-state index contributed by atoms with van der Waals surface area (Å²) in [6.07, 6.45) is 3.66. The Hall–Kier alpha value is -1.16. The number of aromatic nitrogens is 2. The molecule has 0 radical (unpaired) electrons. The Labute approximate surface area is 116 Å². The summed E-state index contributed by atoms with van der Waals surface area (Å²) >= 11 is 3.43. The SMILES string of the molecule is CN(CC(C)(C)C)c1ccnc2cc(Br)cnc12. The van der Waals surface area contributed by atoms with Gasteiger partial charge < -0.3 is 4.90 Å². The number of halogens is 1. The van der Waals surface area contributed by atoms with Crippen LogP contribution in [0.25, 0.3) is 11.0 Å². The van der Waals surface area contributed by atoms with Crippen LogP contribution in [-0.4, -0.2) is 23.6 Å². The quantitative estimate of drug-likeness (QED) is 0.843. The first-order valence-electron chi connectivity index (χ1n) is 5.98. The number of nitrogens with zero attached hydrogens (tertiary/aromatic N) is 3. The highest BCUT2D eigenvalue weighted by Gasteiger charge is 2.16. The molecule has 2 aromatic rings. The van der Waals surface area contributed by atoms with Crippen molar-refractivity contribution < 1.29 is 0 Å². The predicted octanol–water partition coefficient (Wildman–Crippen LogP) is 3.87. The lowest BCUT2D eigenvalue weighted by atomic mass is 9.96. The summed E-state index contributed by atoms with van der Waals surface area (Å²) in [4.78, 5) is 11.1. The summed E-state index contributed by atoms with van der Waals surface area (Å²) in [7, 11) is 2.10. The van der Waals surface area contributed by atoms with E-state index < -0.39 is 0 Å². The molecule has 2 heterocycles. The Balaban J connectivity index is 2.45. The highest BCUT2D eigenvalue weighted by Crippen LogP contribution is 2.26. The van der Waals surface area contributed by atoms with Gasteiger partial charge in [-0.05, 0) is 33.5 Å². The van der Waals surface area contributed by atoms with E-state index in [0.717, 1.165) is 27.7 Å². The first-order chi connectivity index (χ1) is 8.37. The van der Waals surface area contributed by atoms with Crippen molar-refractivity contribution in [2.45, 2.75) is 20.8 Å². The molecule has 0 aliphatic carbocycles. The fourth-order valence-electron chi connectivity index (χ4n) is 2.10. The monoisotopic (exact) mass is 307 g/mol. The average molecular weight is 308 g/mol. The molecule has 2 rings (SSSR count). The molecule has 0 fully saturated rings. The zero-order chi connectivity index (χ0) is 13.3. The molecule has 0 saturated heterocycles. The molecule has 3 nitrogen and oxygen atoms in total. The summed E-state index contributed by atoms with van der Waals surface area (Å²) in [5.74, 6) is 0. The van der Waals surface area contributed by atoms with Gasteiger partial charge >= 0.3 is 0 Å². The van der Waals surface area contributed by atoms with Gasteiger partial charge in [0.2, 0.25) is 0 Å². The van der Waals surface area contributed by atoms with Gasteiger partial charge in [-0.2, -0.15) is 0 Å². The van der Waals surface area contributed by atoms with E-state index in [-0.39, 0.29) is 5.41 Å². The molecule has 0 N–H and O–H groups in total. The Morgan fingerprint density at radius 2 is 2.00 bits per heavy atom. The van der Waals surface area contributed by atoms with Crippen LogP contribution in [0.1, 0.15) is 20.8 Å². The zero-order valence-corrected chi connectivity index (χ0v) is 12.8. The van der Waals surface area contributed by atoms with Gasteiger partial charge in [-0.25, -0.2) is 0 Å². The van der Waals surface area contributed by atoms with Gasteiger partial charge in [-0.1, -0.05) is 20.8 Å². The van der Waals surface area contributed by atoms with Crippen LogP contribution in [0.2, 0.25) is 0 Å². The largest absolute Gasteiger partial charge is 0.372 e. The minimum atomic E-state index is 0.250. The topological polar surface area (TPSA) is 29.0 Å². The third-order valence-electron chi connectivity index (χ3n) is 2.65. The molecule has 0 amide bonds. The van der Waals surface area contributed by atoms with Crippen molar-refractivity contribution in [3.8, 4) is 0 Å². The summed E-state index contributed by atoms with van der Waals surface area (Å²) in [5, 5.41) is 0.